The summed E-state index contributed by atoms with van der Waals surface area (Å²) in [7, 11) is 1.76. The zero-order valence-electron chi connectivity index (χ0n) is 8.86. The van der Waals surface area contributed by atoms with Crippen molar-refractivity contribution in [2.45, 2.75) is 25.7 Å². The van der Waals surface area contributed by atoms with Crippen molar-refractivity contribution >= 4 is 17.4 Å². The fourth-order valence-electron chi connectivity index (χ4n) is 2.01. The first-order valence-electron chi connectivity index (χ1n) is 5.27. The van der Waals surface area contributed by atoms with Crippen molar-refractivity contribution in [3.63, 3.8) is 0 Å². The van der Waals surface area contributed by atoms with Crippen LogP contribution in [0, 0.1) is 5.92 Å². The molecule has 82 valence electrons. The Morgan fingerprint density at radius 1 is 1.60 bits per heavy atom. The summed E-state index contributed by atoms with van der Waals surface area (Å²) in [5.74, 6) is 0.828. The number of hydrogen-bond donors (Lipinski definition) is 2. The Morgan fingerprint density at radius 2 is 2.27 bits per heavy atom. The van der Waals surface area contributed by atoms with E-state index in [9.17, 15) is 4.79 Å². The lowest BCUT2D eigenvalue weighted by molar-refractivity contribution is -0.119. The Kier molecular flexibility index (Phi) is 2.62. The number of anilines is 2. The summed E-state index contributed by atoms with van der Waals surface area (Å²) < 4.78 is 1.59. The van der Waals surface area contributed by atoms with Gasteiger partial charge in [0.25, 0.3) is 0 Å². The highest BCUT2D eigenvalue weighted by atomic mass is 16.2. The highest BCUT2D eigenvalue weighted by Gasteiger charge is 2.23. The van der Waals surface area contributed by atoms with Crippen molar-refractivity contribution in [1.29, 1.82) is 0 Å². The average molecular weight is 208 g/mol. The van der Waals surface area contributed by atoms with Gasteiger partial charge in [-0.25, -0.2) is 0 Å². The Labute approximate surface area is 88.6 Å². The van der Waals surface area contributed by atoms with Gasteiger partial charge in [-0.3, -0.25) is 9.48 Å². The molecule has 5 heteroatoms. The molecule has 1 fully saturated rings. The number of nitrogens with one attached hydrogen (secondary N) is 1. The second-order valence-electron chi connectivity index (χ2n) is 4.04. The molecule has 0 atom stereocenters. The van der Waals surface area contributed by atoms with Crippen LogP contribution in [-0.4, -0.2) is 15.7 Å². The van der Waals surface area contributed by atoms with E-state index < -0.39 is 0 Å². The normalized spacial score (nSPS) is 16.9. The summed E-state index contributed by atoms with van der Waals surface area (Å²) in [5, 5.41) is 6.81. The SMILES string of the molecule is Cn1ncc(N)c1NC(=O)C1CCCC1. The quantitative estimate of drug-likeness (QED) is 0.765. The Balaban J connectivity index is 2.05. The van der Waals surface area contributed by atoms with E-state index in [1.807, 2.05) is 0 Å². The monoisotopic (exact) mass is 208 g/mol. The fourth-order valence-corrected chi connectivity index (χ4v) is 2.01. The van der Waals surface area contributed by atoms with Crippen molar-refractivity contribution in [3.05, 3.63) is 6.20 Å². The molecule has 1 aliphatic carbocycles. The van der Waals surface area contributed by atoms with Crippen molar-refractivity contribution in [2.24, 2.45) is 13.0 Å². The van der Waals surface area contributed by atoms with Gasteiger partial charge in [0.15, 0.2) is 5.82 Å². The van der Waals surface area contributed by atoms with Crippen LogP contribution in [-0.2, 0) is 11.8 Å². The van der Waals surface area contributed by atoms with Gasteiger partial charge in [0.05, 0.1) is 11.9 Å². The van der Waals surface area contributed by atoms with Gasteiger partial charge in [0, 0.05) is 13.0 Å². The molecular formula is C10H16N4O. The molecule has 1 heterocycles. The topological polar surface area (TPSA) is 72.9 Å². The number of carbonyl (C=O) groups excluding carboxylic acids is 1. The second-order valence-corrected chi connectivity index (χ2v) is 4.04. The molecule has 0 radical (unpaired) electrons. The number of nitrogens with zero attached hydrogens (tertiary/aromatic N) is 2. The molecule has 1 saturated carbocycles. The van der Waals surface area contributed by atoms with Crippen LogP contribution in [0.4, 0.5) is 11.5 Å². The van der Waals surface area contributed by atoms with E-state index in [-0.39, 0.29) is 11.8 Å². The predicted octanol–water partition coefficient (Wildman–Crippen LogP) is 1.13. The molecule has 1 amide bonds. The van der Waals surface area contributed by atoms with Crippen molar-refractivity contribution < 1.29 is 4.79 Å². The average Bonchev–Trinajstić information content (AvgIpc) is 2.82. The molecular weight excluding hydrogens is 192 g/mol. The predicted molar refractivity (Wildman–Crippen MR) is 58.2 cm³/mol. The van der Waals surface area contributed by atoms with E-state index in [1.165, 1.54) is 0 Å². The second kappa shape index (κ2) is 3.92. The van der Waals surface area contributed by atoms with Crippen LogP contribution in [0.2, 0.25) is 0 Å². The van der Waals surface area contributed by atoms with Gasteiger partial charge in [0.2, 0.25) is 5.91 Å². The Hall–Kier alpha value is -1.52. The minimum absolute atomic E-state index is 0.0720. The lowest BCUT2D eigenvalue weighted by atomic mass is 10.1. The zero-order valence-corrected chi connectivity index (χ0v) is 8.86. The van der Waals surface area contributed by atoms with E-state index in [4.69, 9.17) is 5.73 Å². The first kappa shape index (κ1) is 10.0. The van der Waals surface area contributed by atoms with E-state index in [0.717, 1.165) is 25.7 Å². The van der Waals surface area contributed by atoms with Crippen LogP contribution < -0.4 is 11.1 Å². The number of nitrogens with two attached hydrogens (primary N) is 1. The maximum atomic E-state index is 11.8. The number of rotatable bonds is 2. The molecule has 1 aromatic heterocycles. The molecule has 0 aliphatic heterocycles. The third-order valence-corrected chi connectivity index (χ3v) is 2.93. The Bertz CT molecular complexity index is 346. The minimum Gasteiger partial charge on any atom is -0.394 e. The number of aryl methyl sites for hydroxylation is 1. The summed E-state index contributed by atoms with van der Waals surface area (Å²) >= 11 is 0. The number of carbonyl (C=O) groups is 1. The summed E-state index contributed by atoms with van der Waals surface area (Å²) in [4.78, 5) is 11.8. The molecule has 0 bridgehead atoms. The molecule has 5 nitrogen and oxygen atoms in total. The molecule has 1 aliphatic rings. The van der Waals surface area contributed by atoms with Crippen LogP contribution in [0.1, 0.15) is 25.7 Å². The lowest BCUT2D eigenvalue weighted by Gasteiger charge is -2.10. The Morgan fingerprint density at radius 3 is 2.80 bits per heavy atom. The smallest absolute Gasteiger partial charge is 0.228 e. The largest absolute Gasteiger partial charge is 0.394 e. The maximum absolute atomic E-state index is 11.8. The zero-order chi connectivity index (χ0) is 10.8. The number of hydrogen-bond acceptors (Lipinski definition) is 3. The lowest BCUT2D eigenvalue weighted by Crippen LogP contribution is -2.22. The number of amides is 1. The molecule has 1 aromatic rings. The van der Waals surface area contributed by atoms with Gasteiger partial charge < -0.3 is 11.1 Å². The van der Waals surface area contributed by atoms with Crippen molar-refractivity contribution in [3.8, 4) is 0 Å². The highest BCUT2D eigenvalue weighted by molar-refractivity contribution is 5.94. The molecule has 0 aromatic carbocycles. The highest BCUT2D eigenvalue weighted by Crippen LogP contribution is 2.26. The van der Waals surface area contributed by atoms with E-state index in [1.54, 1.807) is 17.9 Å². The molecule has 0 saturated heterocycles. The van der Waals surface area contributed by atoms with Crippen LogP contribution >= 0.6 is 0 Å². The van der Waals surface area contributed by atoms with Crippen LogP contribution in [0.3, 0.4) is 0 Å². The molecule has 2 rings (SSSR count). The fraction of sp³-hybridized carbons (Fsp3) is 0.600. The van der Waals surface area contributed by atoms with Crippen LogP contribution in [0.25, 0.3) is 0 Å². The van der Waals surface area contributed by atoms with Crippen molar-refractivity contribution in [2.75, 3.05) is 11.1 Å². The van der Waals surface area contributed by atoms with Gasteiger partial charge >= 0.3 is 0 Å². The van der Waals surface area contributed by atoms with E-state index >= 15 is 0 Å². The van der Waals surface area contributed by atoms with Gasteiger partial charge in [-0.05, 0) is 12.8 Å². The summed E-state index contributed by atoms with van der Waals surface area (Å²) in [6, 6.07) is 0. The van der Waals surface area contributed by atoms with Crippen molar-refractivity contribution in [1.82, 2.24) is 9.78 Å². The molecule has 15 heavy (non-hydrogen) atoms. The van der Waals surface area contributed by atoms with Crippen LogP contribution in [0.15, 0.2) is 6.20 Å². The van der Waals surface area contributed by atoms with Gasteiger partial charge in [0.1, 0.15) is 0 Å². The third-order valence-electron chi connectivity index (χ3n) is 2.93. The maximum Gasteiger partial charge on any atom is 0.228 e. The molecule has 0 unspecified atom stereocenters. The number of nitrogen functional groups attached to an aromatic ring is 1. The first-order valence-corrected chi connectivity index (χ1v) is 5.27. The van der Waals surface area contributed by atoms with Gasteiger partial charge in [-0.2, -0.15) is 5.10 Å². The summed E-state index contributed by atoms with van der Waals surface area (Å²) in [6.07, 6.45) is 5.83. The third kappa shape index (κ3) is 1.95. The van der Waals surface area contributed by atoms with Gasteiger partial charge in [-0.15, -0.1) is 0 Å². The summed E-state index contributed by atoms with van der Waals surface area (Å²) in [5.41, 5.74) is 6.21. The van der Waals surface area contributed by atoms with E-state index in [2.05, 4.69) is 10.4 Å². The summed E-state index contributed by atoms with van der Waals surface area (Å²) in [6.45, 7) is 0. The van der Waals surface area contributed by atoms with E-state index in [0.29, 0.717) is 11.5 Å². The molecule has 3 N–H and O–H groups in total. The van der Waals surface area contributed by atoms with Gasteiger partial charge in [-0.1, -0.05) is 12.8 Å². The standard InChI is InChI=1S/C10H16N4O/c1-14-9(8(11)6-12-14)13-10(15)7-4-2-3-5-7/h6-7H,2-5,11H2,1H3,(H,13,15). The first-order chi connectivity index (χ1) is 7.18. The molecule has 0 spiro atoms. The van der Waals surface area contributed by atoms with Crippen LogP contribution in [0.5, 0.6) is 0 Å². The number of aromatic nitrogens is 2. The minimum atomic E-state index is 0.0720.